The van der Waals surface area contributed by atoms with Crippen LogP contribution in [0.2, 0.25) is 10.0 Å². The molecule has 0 heterocycles. The van der Waals surface area contributed by atoms with Crippen molar-refractivity contribution in [1.29, 1.82) is 0 Å². The summed E-state index contributed by atoms with van der Waals surface area (Å²) < 4.78 is 0. The Balaban J connectivity index is 1.95. The molecule has 0 fully saturated rings. The molecule has 3 rings (SSSR count). The maximum Gasteiger partial charge on any atom is 0.105 e. The summed E-state index contributed by atoms with van der Waals surface area (Å²) in [6, 6.07) is 11.5. The highest BCUT2D eigenvalue weighted by Crippen LogP contribution is 2.32. The lowest BCUT2D eigenvalue weighted by Crippen LogP contribution is -2.06. The molecule has 0 saturated carbocycles. The largest absolute Gasteiger partial charge is 0.384 e. The number of rotatable bonds is 2. The van der Waals surface area contributed by atoms with E-state index in [0.717, 1.165) is 18.4 Å². The van der Waals surface area contributed by atoms with Crippen molar-refractivity contribution in [1.82, 2.24) is 0 Å². The SMILES string of the molecule is OC(c1ccc2c(c1)CCCC2)c1ccc(Cl)cc1Cl. The van der Waals surface area contributed by atoms with Gasteiger partial charge in [0.25, 0.3) is 0 Å². The summed E-state index contributed by atoms with van der Waals surface area (Å²) >= 11 is 12.1. The van der Waals surface area contributed by atoms with E-state index in [1.807, 2.05) is 6.07 Å². The Kier molecular flexibility index (Phi) is 4.02. The smallest absolute Gasteiger partial charge is 0.105 e. The average molecular weight is 307 g/mol. The van der Waals surface area contributed by atoms with Gasteiger partial charge in [0.05, 0.1) is 0 Å². The monoisotopic (exact) mass is 306 g/mol. The van der Waals surface area contributed by atoms with Gasteiger partial charge in [0.1, 0.15) is 6.10 Å². The predicted molar refractivity (Wildman–Crippen MR) is 83.6 cm³/mol. The molecule has 20 heavy (non-hydrogen) atoms. The van der Waals surface area contributed by atoms with E-state index in [2.05, 4.69) is 12.1 Å². The fraction of sp³-hybridized carbons (Fsp3) is 0.294. The molecule has 1 atom stereocenters. The average Bonchev–Trinajstić information content (AvgIpc) is 2.46. The van der Waals surface area contributed by atoms with Crippen LogP contribution in [0.4, 0.5) is 0 Å². The van der Waals surface area contributed by atoms with Gasteiger partial charge in [-0.15, -0.1) is 0 Å². The molecular formula is C17H16Cl2O. The molecule has 0 saturated heterocycles. The molecule has 0 aliphatic heterocycles. The van der Waals surface area contributed by atoms with E-state index < -0.39 is 6.10 Å². The third kappa shape index (κ3) is 2.71. The van der Waals surface area contributed by atoms with Gasteiger partial charge in [0.15, 0.2) is 0 Å². The number of aryl methyl sites for hydroxylation is 2. The van der Waals surface area contributed by atoms with Crippen LogP contribution in [0.5, 0.6) is 0 Å². The Morgan fingerprint density at radius 1 is 0.900 bits per heavy atom. The van der Waals surface area contributed by atoms with Crippen LogP contribution in [-0.4, -0.2) is 5.11 Å². The molecule has 2 aromatic rings. The van der Waals surface area contributed by atoms with E-state index in [1.165, 1.54) is 24.0 Å². The van der Waals surface area contributed by atoms with Crippen LogP contribution in [0.25, 0.3) is 0 Å². The topological polar surface area (TPSA) is 20.2 Å². The quantitative estimate of drug-likeness (QED) is 0.832. The zero-order chi connectivity index (χ0) is 14.1. The van der Waals surface area contributed by atoms with E-state index in [-0.39, 0.29) is 0 Å². The van der Waals surface area contributed by atoms with Crippen LogP contribution in [0.3, 0.4) is 0 Å². The van der Waals surface area contributed by atoms with Crippen LogP contribution in [0.15, 0.2) is 36.4 Å². The van der Waals surface area contributed by atoms with Crippen LogP contribution >= 0.6 is 23.2 Å². The van der Waals surface area contributed by atoms with Crippen molar-refractivity contribution in [2.24, 2.45) is 0 Å². The molecule has 0 aromatic heterocycles. The molecule has 3 heteroatoms. The van der Waals surface area contributed by atoms with Crippen molar-refractivity contribution >= 4 is 23.2 Å². The lowest BCUT2D eigenvalue weighted by Gasteiger charge is -2.19. The molecule has 1 nitrogen and oxygen atoms in total. The van der Waals surface area contributed by atoms with Crippen molar-refractivity contribution in [3.05, 3.63) is 68.7 Å². The molecule has 2 aromatic carbocycles. The van der Waals surface area contributed by atoms with Crippen LogP contribution < -0.4 is 0 Å². The van der Waals surface area contributed by atoms with Crippen LogP contribution in [0.1, 0.15) is 41.2 Å². The van der Waals surface area contributed by atoms with Crippen molar-refractivity contribution in [3.8, 4) is 0 Å². The number of halogens is 2. The van der Waals surface area contributed by atoms with Gasteiger partial charge < -0.3 is 5.11 Å². The summed E-state index contributed by atoms with van der Waals surface area (Å²) in [4.78, 5) is 0. The lowest BCUT2D eigenvalue weighted by molar-refractivity contribution is 0.220. The number of benzene rings is 2. The maximum absolute atomic E-state index is 10.5. The second-order valence-electron chi connectivity index (χ2n) is 5.30. The summed E-state index contributed by atoms with van der Waals surface area (Å²) in [5, 5.41) is 11.6. The summed E-state index contributed by atoms with van der Waals surface area (Å²) in [5.41, 5.74) is 4.37. The highest BCUT2D eigenvalue weighted by Gasteiger charge is 2.17. The molecule has 0 bridgehead atoms. The Bertz CT molecular complexity index is 637. The van der Waals surface area contributed by atoms with E-state index in [1.54, 1.807) is 18.2 Å². The molecule has 1 N–H and O–H groups in total. The number of hydrogen-bond acceptors (Lipinski definition) is 1. The maximum atomic E-state index is 10.5. The van der Waals surface area contributed by atoms with Crippen LogP contribution in [0, 0.1) is 0 Å². The summed E-state index contributed by atoms with van der Waals surface area (Å²) in [5.74, 6) is 0. The molecule has 1 aliphatic carbocycles. The Labute approximate surface area is 129 Å². The van der Waals surface area contributed by atoms with Gasteiger partial charge in [-0.1, -0.05) is 47.5 Å². The normalized spacial score (nSPS) is 15.8. The molecule has 104 valence electrons. The highest BCUT2D eigenvalue weighted by molar-refractivity contribution is 6.35. The Hall–Kier alpha value is -1.02. The van der Waals surface area contributed by atoms with E-state index >= 15 is 0 Å². The van der Waals surface area contributed by atoms with Crippen LogP contribution in [-0.2, 0) is 12.8 Å². The Morgan fingerprint density at radius 3 is 2.40 bits per heavy atom. The van der Waals surface area contributed by atoms with E-state index in [4.69, 9.17) is 23.2 Å². The third-order valence-electron chi connectivity index (χ3n) is 3.95. The molecule has 1 aliphatic rings. The van der Waals surface area contributed by atoms with Gasteiger partial charge in [0.2, 0.25) is 0 Å². The minimum absolute atomic E-state index is 0.503. The second-order valence-corrected chi connectivity index (χ2v) is 6.15. The zero-order valence-electron chi connectivity index (χ0n) is 11.1. The van der Waals surface area contributed by atoms with Gasteiger partial charge in [-0.3, -0.25) is 0 Å². The van der Waals surface area contributed by atoms with Gasteiger partial charge in [0, 0.05) is 15.6 Å². The minimum atomic E-state index is -0.702. The number of fused-ring (bicyclic) bond motifs is 1. The summed E-state index contributed by atoms with van der Waals surface area (Å²) in [6.45, 7) is 0. The minimum Gasteiger partial charge on any atom is -0.384 e. The van der Waals surface area contributed by atoms with Crippen molar-refractivity contribution in [2.45, 2.75) is 31.8 Å². The first-order valence-corrected chi connectivity index (χ1v) is 7.65. The zero-order valence-corrected chi connectivity index (χ0v) is 12.6. The summed E-state index contributed by atoms with van der Waals surface area (Å²) in [6.07, 6.45) is 4.04. The Morgan fingerprint density at radius 2 is 1.65 bits per heavy atom. The van der Waals surface area contributed by atoms with E-state index in [0.29, 0.717) is 15.6 Å². The molecule has 0 radical (unpaired) electrons. The highest BCUT2D eigenvalue weighted by atomic mass is 35.5. The van der Waals surface area contributed by atoms with Gasteiger partial charge in [-0.25, -0.2) is 0 Å². The predicted octanol–water partition coefficient (Wildman–Crippen LogP) is 4.95. The van der Waals surface area contributed by atoms with E-state index in [9.17, 15) is 5.11 Å². The number of hydrogen-bond donors (Lipinski definition) is 1. The standard InChI is InChI=1S/C17H16Cl2O/c18-14-7-8-15(16(19)10-14)17(20)13-6-5-11-3-1-2-4-12(11)9-13/h5-10,17,20H,1-4H2. The van der Waals surface area contributed by atoms with Crippen molar-refractivity contribution in [3.63, 3.8) is 0 Å². The fourth-order valence-electron chi connectivity index (χ4n) is 2.83. The number of aliphatic hydroxyl groups excluding tert-OH is 1. The summed E-state index contributed by atoms with van der Waals surface area (Å²) in [7, 11) is 0. The molecule has 0 spiro atoms. The first-order chi connectivity index (χ1) is 9.65. The number of aliphatic hydroxyl groups is 1. The molecule has 0 amide bonds. The van der Waals surface area contributed by atoms with Gasteiger partial charge >= 0.3 is 0 Å². The van der Waals surface area contributed by atoms with Crippen molar-refractivity contribution < 1.29 is 5.11 Å². The molecule has 1 unspecified atom stereocenters. The third-order valence-corrected chi connectivity index (χ3v) is 4.51. The molecular weight excluding hydrogens is 291 g/mol. The lowest BCUT2D eigenvalue weighted by atomic mass is 9.88. The van der Waals surface area contributed by atoms with Gasteiger partial charge in [-0.05, 0) is 54.5 Å². The van der Waals surface area contributed by atoms with Crippen molar-refractivity contribution in [2.75, 3.05) is 0 Å². The first-order valence-electron chi connectivity index (χ1n) is 6.90. The second kappa shape index (κ2) is 5.77. The van der Waals surface area contributed by atoms with Gasteiger partial charge in [-0.2, -0.15) is 0 Å². The first kappa shape index (κ1) is 13.9. The fourth-order valence-corrected chi connectivity index (χ4v) is 3.34.